The van der Waals surface area contributed by atoms with Crippen LogP contribution in [-0.4, -0.2) is 18.0 Å². The summed E-state index contributed by atoms with van der Waals surface area (Å²) < 4.78 is 1.21. The van der Waals surface area contributed by atoms with E-state index in [-0.39, 0.29) is 0 Å². The van der Waals surface area contributed by atoms with E-state index in [4.69, 9.17) is 5.73 Å². The number of nitrogens with two attached hydrogens (primary N) is 1. The molecule has 2 nitrogen and oxygen atoms in total. The zero-order valence-corrected chi connectivity index (χ0v) is 9.97. The number of hydrogen-bond acceptors (Lipinski definition) is 2. The highest BCUT2D eigenvalue weighted by Gasteiger charge is 2.18. The van der Waals surface area contributed by atoms with Crippen LogP contribution in [0.15, 0.2) is 16.6 Å². The highest BCUT2D eigenvalue weighted by atomic mass is 79.9. The average molecular weight is 255 g/mol. The number of rotatable bonds is 1. The second-order valence-electron chi connectivity index (χ2n) is 3.71. The molecule has 1 aromatic carbocycles. The van der Waals surface area contributed by atoms with Crippen LogP contribution >= 0.6 is 15.9 Å². The number of halogens is 1. The summed E-state index contributed by atoms with van der Waals surface area (Å²) in [5.74, 6) is 0. The molecule has 0 radical (unpaired) electrons. The first-order valence-corrected chi connectivity index (χ1v) is 5.79. The van der Waals surface area contributed by atoms with Crippen LogP contribution in [0.4, 0.5) is 5.69 Å². The molecule has 0 spiro atoms. The maximum absolute atomic E-state index is 5.98. The molecule has 0 atom stereocenters. The molecule has 1 heterocycles. The van der Waals surface area contributed by atoms with Gasteiger partial charge in [0.1, 0.15) is 0 Å². The van der Waals surface area contributed by atoms with Crippen molar-refractivity contribution in [1.82, 2.24) is 4.90 Å². The van der Waals surface area contributed by atoms with Gasteiger partial charge in [0, 0.05) is 23.2 Å². The van der Waals surface area contributed by atoms with Crippen molar-refractivity contribution in [1.29, 1.82) is 0 Å². The average Bonchev–Trinajstić information content (AvgIpc) is 2.23. The molecule has 14 heavy (non-hydrogen) atoms. The van der Waals surface area contributed by atoms with Gasteiger partial charge in [-0.1, -0.05) is 22.9 Å². The van der Waals surface area contributed by atoms with Crippen molar-refractivity contribution < 1.29 is 0 Å². The topological polar surface area (TPSA) is 29.3 Å². The fourth-order valence-electron chi connectivity index (χ4n) is 1.98. The molecule has 3 heteroatoms. The lowest BCUT2D eigenvalue weighted by Crippen LogP contribution is -2.31. The van der Waals surface area contributed by atoms with E-state index in [0.29, 0.717) is 0 Å². The standard InChI is InChI=1S/C11H15BrN2/c1-2-14-6-5-8-9(7-14)11(13)4-3-10(8)12/h3-4H,2,5-7,13H2,1H3. The SMILES string of the molecule is CCN1CCc2c(Br)ccc(N)c2C1. The summed E-state index contributed by atoms with van der Waals surface area (Å²) in [6, 6.07) is 4.04. The van der Waals surface area contributed by atoms with E-state index in [2.05, 4.69) is 33.8 Å². The molecule has 76 valence electrons. The molecule has 1 aliphatic rings. The second-order valence-corrected chi connectivity index (χ2v) is 4.57. The predicted octanol–water partition coefficient (Wildman–Crippen LogP) is 2.41. The van der Waals surface area contributed by atoms with Crippen molar-refractivity contribution in [3.8, 4) is 0 Å². The van der Waals surface area contributed by atoms with Crippen LogP contribution in [0.25, 0.3) is 0 Å². The van der Waals surface area contributed by atoms with Gasteiger partial charge in [0.2, 0.25) is 0 Å². The maximum Gasteiger partial charge on any atom is 0.0363 e. The van der Waals surface area contributed by atoms with E-state index in [1.165, 1.54) is 15.6 Å². The molecule has 0 bridgehead atoms. The number of likely N-dealkylation sites (N-methyl/N-ethyl adjacent to an activating group) is 1. The number of nitrogens with zero attached hydrogens (tertiary/aromatic N) is 1. The summed E-state index contributed by atoms with van der Waals surface area (Å²) in [5, 5.41) is 0. The number of hydrogen-bond donors (Lipinski definition) is 1. The van der Waals surface area contributed by atoms with Crippen molar-refractivity contribution in [2.45, 2.75) is 19.9 Å². The van der Waals surface area contributed by atoms with Crippen LogP contribution in [0.1, 0.15) is 18.1 Å². The Morgan fingerprint density at radius 1 is 1.43 bits per heavy atom. The van der Waals surface area contributed by atoms with Crippen molar-refractivity contribution in [3.63, 3.8) is 0 Å². The van der Waals surface area contributed by atoms with Crippen LogP contribution in [0.2, 0.25) is 0 Å². The summed E-state index contributed by atoms with van der Waals surface area (Å²) in [6.45, 7) is 5.44. The summed E-state index contributed by atoms with van der Waals surface area (Å²) in [7, 11) is 0. The van der Waals surface area contributed by atoms with Gasteiger partial charge >= 0.3 is 0 Å². The Balaban J connectivity index is 2.40. The van der Waals surface area contributed by atoms with E-state index in [1.807, 2.05) is 6.07 Å². The highest BCUT2D eigenvalue weighted by molar-refractivity contribution is 9.10. The summed E-state index contributed by atoms with van der Waals surface area (Å²) >= 11 is 3.58. The van der Waals surface area contributed by atoms with E-state index in [0.717, 1.165) is 31.7 Å². The van der Waals surface area contributed by atoms with Gasteiger partial charge in [-0.25, -0.2) is 0 Å². The third-order valence-electron chi connectivity index (χ3n) is 2.92. The van der Waals surface area contributed by atoms with Gasteiger partial charge in [0.15, 0.2) is 0 Å². The fourth-order valence-corrected chi connectivity index (χ4v) is 2.55. The smallest absolute Gasteiger partial charge is 0.0363 e. The first-order valence-electron chi connectivity index (χ1n) is 5.00. The molecule has 0 unspecified atom stereocenters. The van der Waals surface area contributed by atoms with Gasteiger partial charge in [0.25, 0.3) is 0 Å². The largest absolute Gasteiger partial charge is 0.398 e. The number of fused-ring (bicyclic) bond motifs is 1. The van der Waals surface area contributed by atoms with Gasteiger partial charge in [-0.15, -0.1) is 0 Å². The van der Waals surface area contributed by atoms with E-state index in [9.17, 15) is 0 Å². The summed E-state index contributed by atoms with van der Waals surface area (Å²) in [5.41, 5.74) is 9.62. The number of anilines is 1. The molecule has 0 saturated carbocycles. The summed E-state index contributed by atoms with van der Waals surface area (Å²) in [6.07, 6.45) is 1.11. The zero-order chi connectivity index (χ0) is 10.1. The minimum absolute atomic E-state index is 0.932. The molecule has 0 aliphatic carbocycles. The zero-order valence-electron chi connectivity index (χ0n) is 8.39. The third kappa shape index (κ3) is 1.66. The monoisotopic (exact) mass is 254 g/mol. The Hall–Kier alpha value is -0.540. The van der Waals surface area contributed by atoms with Crippen LogP contribution < -0.4 is 5.73 Å². The minimum atomic E-state index is 0.932. The molecule has 0 fully saturated rings. The lowest BCUT2D eigenvalue weighted by atomic mass is 9.98. The molecule has 2 rings (SSSR count). The molecular weight excluding hydrogens is 240 g/mol. The van der Waals surface area contributed by atoms with Crippen LogP contribution in [-0.2, 0) is 13.0 Å². The molecule has 0 saturated heterocycles. The number of nitrogen functional groups attached to an aromatic ring is 1. The molecule has 1 aliphatic heterocycles. The Morgan fingerprint density at radius 2 is 2.21 bits per heavy atom. The minimum Gasteiger partial charge on any atom is -0.398 e. The molecular formula is C11H15BrN2. The first kappa shape index (κ1) is 9.99. The quantitative estimate of drug-likeness (QED) is 0.781. The Labute approximate surface area is 93.2 Å². The van der Waals surface area contributed by atoms with Crippen LogP contribution in [0, 0.1) is 0 Å². The highest BCUT2D eigenvalue weighted by Crippen LogP contribution is 2.30. The Kier molecular flexibility index (Phi) is 2.79. The van der Waals surface area contributed by atoms with Gasteiger partial charge in [-0.2, -0.15) is 0 Å². The van der Waals surface area contributed by atoms with Crippen molar-refractivity contribution in [3.05, 3.63) is 27.7 Å². The summed E-state index contributed by atoms with van der Waals surface area (Å²) in [4.78, 5) is 2.42. The lowest BCUT2D eigenvalue weighted by Gasteiger charge is -2.29. The molecule has 2 N–H and O–H groups in total. The Bertz CT molecular complexity index is 349. The van der Waals surface area contributed by atoms with Gasteiger partial charge in [-0.05, 0) is 36.2 Å². The molecule has 0 amide bonds. The number of benzene rings is 1. The third-order valence-corrected chi connectivity index (χ3v) is 3.66. The van der Waals surface area contributed by atoms with Crippen LogP contribution in [0.5, 0.6) is 0 Å². The van der Waals surface area contributed by atoms with Crippen LogP contribution in [0.3, 0.4) is 0 Å². The fraction of sp³-hybridized carbons (Fsp3) is 0.455. The predicted molar refractivity (Wildman–Crippen MR) is 63.2 cm³/mol. The Morgan fingerprint density at radius 3 is 2.93 bits per heavy atom. The van der Waals surface area contributed by atoms with Gasteiger partial charge < -0.3 is 5.73 Å². The first-order chi connectivity index (χ1) is 6.72. The molecule has 1 aromatic rings. The van der Waals surface area contributed by atoms with Gasteiger partial charge in [-0.3, -0.25) is 4.90 Å². The van der Waals surface area contributed by atoms with Crippen molar-refractivity contribution in [2.75, 3.05) is 18.8 Å². The maximum atomic E-state index is 5.98. The van der Waals surface area contributed by atoms with Crippen molar-refractivity contribution >= 4 is 21.6 Å². The second kappa shape index (κ2) is 3.91. The molecule has 0 aromatic heterocycles. The van der Waals surface area contributed by atoms with Gasteiger partial charge in [0.05, 0.1) is 0 Å². The van der Waals surface area contributed by atoms with E-state index in [1.54, 1.807) is 0 Å². The lowest BCUT2D eigenvalue weighted by molar-refractivity contribution is 0.268. The van der Waals surface area contributed by atoms with E-state index < -0.39 is 0 Å². The van der Waals surface area contributed by atoms with E-state index >= 15 is 0 Å². The normalized spacial score (nSPS) is 16.7. The van der Waals surface area contributed by atoms with Crippen molar-refractivity contribution in [2.24, 2.45) is 0 Å².